The van der Waals surface area contributed by atoms with Crippen molar-refractivity contribution in [2.45, 2.75) is 31.7 Å². The fourth-order valence-electron chi connectivity index (χ4n) is 4.68. The Kier molecular flexibility index (Phi) is 5.91. The molecule has 34 heavy (non-hydrogen) atoms. The van der Waals surface area contributed by atoms with Gasteiger partial charge in [0, 0.05) is 44.8 Å². The molecule has 178 valence electrons. The van der Waals surface area contributed by atoms with E-state index < -0.39 is 6.09 Å². The van der Waals surface area contributed by atoms with Crippen molar-refractivity contribution in [3.63, 3.8) is 0 Å². The van der Waals surface area contributed by atoms with E-state index in [1.165, 1.54) is 6.42 Å². The molecule has 3 aromatic heterocycles. The van der Waals surface area contributed by atoms with Crippen LogP contribution in [0.2, 0.25) is 0 Å². The molecule has 0 spiro atoms. The molecule has 1 atom stereocenters. The minimum atomic E-state index is -1.03. The maximum absolute atomic E-state index is 13.2. The Labute approximate surface area is 196 Å². The number of piperidine rings is 1. The fourth-order valence-corrected chi connectivity index (χ4v) is 4.68. The van der Waals surface area contributed by atoms with Gasteiger partial charge in [0.15, 0.2) is 11.5 Å². The molecule has 5 heterocycles. The highest BCUT2D eigenvalue weighted by Gasteiger charge is 2.26. The van der Waals surface area contributed by atoms with Crippen molar-refractivity contribution >= 4 is 40.4 Å². The molecule has 2 saturated heterocycles. The van der Waals surface area contributed by atoms with Crippen LogP contribution in [-0.4, -0.2) is 69.1 Å². The number of carbonyl (C=O) groups excluding carboxylic acids is 1. The number of aromatic nitrogens is 4. The Morgan fingerprint density at radius 2 is 1.91 bits per heavy atom. The third kappa shape index (κ3) is 4.59. The largest absolute Gasteiger partial charge is 0.465 e. The monoisotopic (exact) mass is 464 g/mol. The molecule has 2 fully saturated rings. The van der Waals surface area contributed by atoms with Crippen LogP contribution < -0.4 is 20.4 Å². The molecule has 11 heteroatoms. The molecular weight excluding hydrogens is 436 g/mol. The Morgan fingerprint density at radius 1 is 1.09 bits per heavy atom. The second-order valence-electron chi connectivity index (χ2n) is 8.84. The number of nitrogens with zero attached hydrogens (tertiary/aromatic N) is 6. The number of carboxylic acid groups (broad SMARTS) is 1. The number of nitrogens with one attached hydrogen (secondary N) is 2. The molecule has 11 nitrogen and oxygen atoms in total. The summed E-state index contributed by atoms with van der Waals surface area (Å²) in [4.78, 5) is 37.7. The third-order valence-electron chi connectivity index (χ3n) is 6.30. The Hall–Kier alpha value is -3.89. The number of pyridine rings is 2. The van der Waals surface area contributed by atoms with E-state index in [4.69, 9.17) is 10.1 Å². The van der Waals surface area contributed by atoms with Gasteiger partial charge in [0.05, 0.1) is 11.7 Å². The van der Waals surface area contributed by atoms with Crippen LogP contribution in [-0.2, 0) is 7.05 Å². The first-order chi connectivity index (χ1) is 16.5. The van der Waals surface area contributed by atoms with Gasteiger partial charge in [-0.25, -0.2) is 14.8 Å². The molecule has 3 aromatic rings. The summed E-state index contributed by atoms with van der Waals surface area (Å²) in [5, 5.41) is 19.8. The standard InChI is InChI=1S/C23H28N8O3/c1-29-13-15-12-18(21(27-20(15)28-29)30-9-3-2-4-10-30)26-22(32)17-6-5-7-19(25-17)31-11-8-16(14-31)24-23(33)34/h5-7,12-13,16,24H,2-4,8-11,14H2,1H3,(H,26,32)(H,33,34)/t16-/m0/s1. The molecule has 0 aromatic carbocycles. The molecule has 0 bridgehead atoms. The Balaban J connectivity index is 1.38. The second kappa shape index (κ2) is 9.16. The molecule has 2 aliphatic rings. The van der Waals surface area contributed by atoms with Gasteiger partial charge in [0.25, 0.3) is 5.91 Å². The van der Waals surface area contributed by atoms with Crippen LogP contribution in [0.25, 0.3) is 11.0 Å². The van der Waals surface area contributed by atoms with Gasteiger partial charge in [-0.1, -0.05) is 6.07 Å². The van der Waals surface area contributed by atoms with Gasteiger partial charge in [-0.2, -0.15) is 5.10 Å². The van der Waals surface area contributed by atoms with Crippen molar-refractivity contribution in [3.8, 4) is 0 Å². The van der Waals surface area contributed by atoms with Crippen molar-refractivity contribution in [2.24, 2.45) is 7.05 Å². The predicted octanol–water partition coefficient (Wildman–Crippen LogP) is 2.45. The summed E-state index contributed by atoms with van der Waals surface area (Å²) < 4.78 is 1.72. The maximum Gasteiger partial charge on any atom is 0.404 e. The summed E-state index contributed by atoms with van der Waals surface area (Å²) in [6, 6.07) is 7.08. The maximum atomic E-state index is 13.2. The summed E-state index contributed by atoms with van der Waals surface area (Å²) >= 11 is 0. The molecule has 0 aliphatic carbocycles. The lowest BCUT2D eigenvalue weighted by atomic mass is 10.1. The highest BCUT2D eigenvalue weighted by Crippen LogP contribution is 2.30. The quantitative estimate of drug-likeness (QED) is 0.525. The highest BCUT2D eigenvalue weighted by molar-refractivity contribution is 6.05. The van der Waals surface area contributed by atoms with Crippen LogP contribution in [0.4, 0.5) is 22.1 Å². The van der Waals surface area contributed by atoms with Crippen molar-refractivity contribution in [2.75, 3.05) is 41.3 Å². The van der Waals surface area contributed by atoms with E-state index >= 15 is 0 Å². The molecule has 2 aliphatic heterocycles. The van der Waals surface area contributed by atoms with Gasteiger partial charge in [-0.3, -0.25) is 9.48 Å². The minimum absolute atomic E-state index is 0.152. The zero-order valence-corrected chi connectivity index (χ0v) is 19.1. The van der Waals surface area contributed by atoms with Gasteiger partial charge < -0.3 is 25.5 Å². The van der Waals surface area contributed by atoms with Gasteiger partial charge in [0.2, 0.25) is 0 Å². The molecular formula is C23H28N8O3. The normalized spacial score (nSPS) is 18.3. The molecule has 2 amide bonds. The number of hydrogen-bond acceptors (Lipinski definition) is 7. The van der Waals surface area contributed by atoms with Crippen LogP contribution in [0.15, 0.2) is 30.5 Å². The van der Waals surface area contributed by atoms with Gasteiger partial charge in [0.1, 0.15) is 11.5 Å². The number of hydrogen-bond donors (Lipinski definition) is 3. The van der Waals surface area contributed by atoms with E-state index in [1.54, 1.807) is 16.8 Å². The molecule has 0 radical (unpaired) electrons. The first kappa shape index (κ1) is 21.9. The number of carbonyl (C=O) groups is 2. The third-order valence-corrected chi connectivity index (χ3v) is 6.30. The van der Waals surface area contributed by atoms with Crippen LogP contribution >= 0.6 is 0 Å². The molecule has 0 unspecified atom stereocenters. The number of aryl methyl sites for hydroxylation is 1. The molecule has 0 saturated carbocycles. The summed E-state index contributed by atoms with van der Waals surface area (Å²) in [6.07, 6.45) is 4.92. The first-order valence-corrected chi connectivity index (χ1v) is 11.6. The molecule has 3 N–H and O–H groups in total. The van der Waals surface area contributed by atoms with Crippen molar-refractivity contribution in [1.82, 2.24) is 25.1 Å². The van der Waals surface area contributed by atoms with Gasteiger partial charge >= 0.3 is 6.09 Å². The van der Waals surface area contributed by atoms with E-state index in [-0.39, 0.29) is 11.9 Å². The Morgan fingerprint density at radius 3 is 2.71 bits per heavy atom. The van der Waals surface area contributed by atoms with Crippen molar-refractivity contribution < 1.29 is 14.7 Å². The van der Waals surface area contributed by atoms with Crippen LogP contribution in [0.1, 0.15) is 36.2 Å². The number of amides is 2. The van der Waals surface area contributed by atoms with E-state index in [9.17, 15) is 9.59 Å². The van der Waals surface area contributed by atoms with E-state index in [0.29, 0.717) is 42.4 Å². The van der Waals surface area contributed by atoms with Gasteiger partial charge in [-0.15, -0.1) is 0 Å². The summed E-state index contributed by atoms with van der Waals surface area (Å²) in [7, 11) is 1.85. The topological polar surface area (TPSA) is 129 Å². The van der Waals surface area contributed by atoms with Crippen LogP contribution in [0, 0.1) is 0 Å². The molecule has 5 rings (SSSR count). The van der Waals surface area contributed by atoms with E-state index in [1.807, 2.05) is 30.3 Å². The predicted molar refractivity (Wildman–Crippen MR) is 129 cm³/mol. The zero-order valence-electron chi connectivity index (χ0n) is 19.1. The van der Waals surface area contributed by atoms with Crippen molar-refractivity contribution in [3.05, 3.63) is 36.2 Å². The summed E-state index contributed by atoms with van der Waals surface area (Å²) in [5.74, 6) is 1.07. The Bertz CT molecular complexity index is 1220. The fraction of sp³-hybridized carbons (Fsp3) is 0.435. The van der Waals surface area contributed by atoms with Gasteiger partial charge in [-0.05, 0) is 43.9 Å². The average Bonchev–Trinajstić information content (AvgIpc) is 3.44. The highest BCUT2D eigenvalue weighted by atomic mass is 16.4. The van der Waals surface area contributed by atoms with Crippen molar-refractivity contribution in [1.29, 1.82) is 0 Å². The summed E-state index contributed by atoms with van der Waals surface area (Å²) in [6.45, 7) is 2.97. The summed E-state index contributed by atoms with van der Waals surface area (Å²) in [5.41, 5.74) is 1.59. The lowest BCUT2D eigenvalue weighted by molar-refractivity contribution is 0.102. The smallest absolute Gasteiger partial charge is 0.404 e. The van der Waals surface area contributed by atoms with E-state index in [2.05, 4.69) is 25.6 Å². The lowest BCUT2D eigenvalue weighted by Gasteiger charge is -2.29. The average molecular weight is 465 g/mol. The lowest BCUT2D eigenvalue weighted by Crippen LogP contribution is -2.36. The van der Waals surface area contributed by atoms with E-state index in [0.717, 1.165) is 37.1 Å². The SMILES string of the molecule is Cn1cc2cc(NC(=O)c3cccc(N4CC[C@H](NC(=O)O)C4)n3)c(N3CCCCC3)nc2n1. The van der Waals surface area contributed by atoms with Crippen LogP contribution in [0.5, 0.6) is 0 Å². The van der Waals surface area contributed by atoms with Crippen LogP contribution in [0.3, 0.4) is 0 Å². The number of fused-ring (bicyclic) bond motifs is 1. The second-order valence-corrected chi connectivity index (χ2v) is 8.84. The zero-order chi connectivity index (χ0) is 23.7. The minimum Gasteiger partial charge on any atom is -0.465 e. The number of anilines is 3. The first-order valence-electron chi connectivity index (χ1n) is 11.6. The number of rotatable bonds is 5.